The van der Waals surface area contributed by atoms with Gasteiger partial charge < -0.3 is 5.73 Å². The van der Waals surface area contributed by atoms with Gasteiger partial charge in [-0.15, -0.1) is 0 Å². The molecule has 0 heterocycles. The van der Waals surface area contributed by atoms with Gasteiger partial charge in [0, 0.05) is 16.4 Å². The number of primary amides is 1. The van der Waals surface area contributed by atoms with Gasteiger partial charge in [0.05, 0.1) is 0 Å². The fourth-order valence-electron chi connectivity index (χ4n) is 1.58. The lowest BCUT2D eigenvalue weighted by Gasteiger charge is -2.24. The molecule has 0 aliphatic carbocycles. The molecule has 0 aliphatic heterocycles. The van der Waals surface area contributed by atoms with Crippen LogP contribution in [0, 0.1) is 5.82 Å². The standard InChI is InChI=1S/C11H14BrFN2O3S/c1-11(2,6-10(14)16)15-19(17,18)9-4-3-7(12)5-8(9)13/h3-5,15H,6H2,1-2H3,(H2,14,16). The third-order valence-corrected chi connectivity index (χ3v) is 4.43. The topological polar surface area (TPSA) is 89.3 Å². The predicted molar refractivity (Wildman–Crippen MR) is 72.3 cm³/mol. The van der Waals surface area contributed by atoms with Crippen molar-refractivity contribution in [2.75, 3.05) is 0 Å². The number of benzene rings is 1. The van der Waals surface area contributed by atoms with Crippen molar-refractivity contribution in [1.82, 2.24) is 4.72 Å². The summed E-state index contributed by atoms with van der Waals surface area (Å²) in [6, 6.07) is 3.61. The van der Waals surface area contributed by atoms with Gasteiger partial charge in [-0.1, -0.05) is 15.9 Å². The Hall–Kier alpha value is -0.990. The second-order valence-electron chi connectivity index (χ2n) is 4.71. The monoisotopic (exact) mass is 352 g/mol. The Balaban J connectivity index is 3.08. The van der Waals surface area contributed by atoms with E-state index in [1.54, 1.807) is 0 Å². The SMILES string of the molecule is CC(C)(CC(N)=O)NS(=O)(=O)c1ccc(Br)cc1F. The van der Waals surface area contributed by atoms with E-state index in [-0.39, 0.29) is 6.42 Å². The van der Waals surface area contributed by atoms with Crippen LogP contribution in [-0.4, -0.2) is 19.9 Å². The molecule has 0 aliphatic rings. The van der Waals surface area contributed by atoms with Crippen molar-refractivity contribution >= 4 is 31.9 Å². The van der Waals surface area contributed by atoms with Gasteiger partial charge in [0.2, 0.25) is 15.9 Å². The van der Waals surface area contributed by atoms with Gasteiger partial charge in [-0.25, -0.2) is 17.5 Å². The van der Waals surface area contributed by atoms with E-state index in [9.17, 15) is 17.6 Å². The third kappa shape index (κ3) is 4.55. The quantitative estimate of drug-likeness (QED) is 0.841. The maximum Gasteiger partial charge on any atom is 0.243 e. The van der Waals surface area contributed by atoms with Crippen LogP contribution in [0.5, 0.6) is 0 Å². The van der Waals surface area contributed by atoms with Crippen LogP contribution in [0.4, 0.5) is 4.39 Å². The first-order valence-electron chi connectivity index (χ1n) is 5.31. The second kappa shape index (κ2) is 5.56. The van der Waals surface area contributed by atoms with Gasteiger partial charge in [0.15, 0.2) is 0 Å². The van der Waals surface area contributed by atoms with Crippen molar-refractivity contribution in [2.45, 2.75) is 30.7 Å². The van der Waals surface area contributed by atoms with E-state index in [2.05, 4.69) is 20.7 Å². The van der Waals surface area contributed by atoms with Crippen LogP contribution in [-0.2, 0) is 14.8 Å². The highest BCUT2D eigenvalue weighted by atomic mass is 79.9. The van der Waals surface area contributed by atoms with Crippen molar-refractivity contribution < 1.29 is 17.6 Å². The average Bonchev–Trinajstić information content (AvgIpc) is 2.11. The number of rotatable bonds is 5. The largest absolute Gasteiger partial charge is 0.370 e. The molecule has 8 heteroatoms. The Kier molecular flexibility index (Phi) is 4.70. The summed E-state index contributed by atoms with van der Waals surface area (Å²) in [5.74, 6) is -1.53. The van der Waals surface area contributed by atoms with E-state index >= 15 is 0 Å². The van der Waals surface area contributed by atoms with Crippen molar-refractivity contribution in [1.29, 1.82) is 0 Å². The molecule has 0 aromatic heterocycles. The molecule has 1 aromatic rings. The molecule has 0 radical (unpaired) electrons. The van der Waals surface area contributed by atoms with Gasteiger partial charge in [-0.05, 0) is 32.0 Å². The van der Waals surface area contributed by atoms with E-state index in [4.69, 9.17) is 5.73 Å². The fraction of sp³-hybridized carbons (Fsp3) is 0.364. The van der Waals surface area contributed by atoms with Crippen molar-refractivity contribution in [3.8, 4) is 0 Å². The first-order valence-corrected chi connectivity index (χ1v) is 7.58. The molecule has 0 bridgehead atoms. The van der Waals surface area contributed by atoms with Gasteiger partial charge in [0.25, 0.3) is 0 Å². The molecule has 106 valence electrons. The molecule has 0 unspecified atom stereocenters. The van der Waals surface area contributed by atoms with Crippen molar-refractivity contribution in [3.05, 3.63) is 28.5 Å². The van der Waals surface area contributed by atoms with E-state index in [0.717, 1.165) is 12.1 Å². The number of carbonyl (C=O) groups excluding carboxylic acids is 1. The van der Waals surface area contributed by atoms with E-state index in [1.807, 2.05) is 0 Å². The Morgan fingerprint density at radius 2 is 2.05 bits per heavy atom. The molecule has 1 aromatic carbocycles. The van der Waals surface area contributed by atoms with E-state index in [0.29, 0.717) is 4.47 Å². The lowest BCUT2D eigenvalue weighted by Crippen LogP contribution is -2.46. The summed E-state index contributed by atoms with van der Waals surface area (Å²) in [6.45, 7) is 2.98. The molecule has 19 heavy (non-hydrogen) atoms. The van der Waals surface area contributed by atoms with Crippen LogP contribution in [0.15, 0.2) is 27.6 Å². The Bertz CT molecular complexity index is 602. The minimum atomic E-state index is -4.06. The Morgan fingerprint density at radius 1 is 1.47 bits per heavy atom. The zero-order chi connectivity index (χ0) is 14.8. The second-order valence-corrected chi connectivity index (χ2v) is 7.27. The zero-order valence-corrected chi connectivity index (χ0v) is 12.8. The molecule has 1 amide bonds. The number of halogens is 2. The molecule has 1 rings (SSSR count). The third-order valence-electron chi connectivity index (χ3n) is 2.21. The fourth-order valence-corrected chi connectivity index (χ4v) is 3.39. The molecule has 3 N–H and O–H groups in total. The summed E-state index contributed by atoms with van der Waals surface area (Å²) in [5, 5.41) is 0. The summed E-state index contributed by atoms with van der Waals surface area (Å²) in [7, 11) is -4.06. The highest BCUT2D eigenvalue weighted by Crippen LogP contribution is 2.21. The first-order chi connectivity index (χ1) is 8.53. The summed E-state index contributed by atoms with van der Waals surface area (Å²) in [4.78, 5) is 10.4. The molecule has 0 saturated carbocycles. The van der Waals surface area contributed by atoms with E-state index in [1.165, 1.54) is 19.9 Å². The van der Waals surface area contributed by atoms with Crippen molar-refractivity contribution in [2.24, 2.45) is 5.73 Å². The van der Waals surface area contributed by atoms with Gasteiger partial charge >= 0.3 is 0 Å². The number of sulfonamides is 1. The highest BCUT2D eigenvalue weighted by molar-refractivity contribution is 9.10. The van der Waals surface area contributed by atoms with Crippen LogP contribution >= 0.6 is 15.9 Å². The van der Waals surface area contributed by atoms with Gasteiger partial charge in [-0.2, -0.15) is 0 Å². The minimum absolute atomic E-state index is 0.190. The maximum absolute atomic E-state index is 13.6. The molecule has 0 spiro atoms. The van der Waals surface area contributed by atoms with E-state index < -0.39 is 32.2 Å². The summed E-state index contributed by atoms with van der Waals surface area (Å²) < 4.78 is 40.4. The molecule has 0 atom stereocenters. The van der Waals surface area contributed by atoms with Crippen LogP contribution in [0.3, 0.4) is 0 Å². The summed E-state index contributed by atoms with van der Waals surface area (Å²) >= 11 is 3.04. The minimum Gasteiger partial charge on any atom is -0.370 e. The van der Waals surface area contributed by atoms with Crippen LogP contribution < -0.4 is 10.5 Å². The lowest BCUT2D eigenvalue weighted by molar-refractivity contribution is -0.119. The number of carbonyl (C=O) groups is 1. The van der Waals surface area contributed by atoms with Crippen LogP contribution in [0.25, 0.3) is 0 Å². The lowest BCUT2D eigenvalue weighted by atomic mass is 10.0. The van der Waals surface area contributed by atoms with Crippen LogP contribution in [0.1, 0.15) is 20.3 Å². The van der Waals surface area contributed by atoms with Gasteiger partial charge in [-0.3, -0.25) is 4.79 Å². The predicted octanol–water partition coefficient (Wildman–Crippen LogP) is 1.52. The molecular weight excluding hydrogens is 339 g/mol. The number of nitrogens with one attached hydrogen (secondary N) is 1. The van der Waals surface area contributed by atoms with Crippen LogP contribution in [0.2, 0.25) is 0 Å². The normalized spacial score (nSPS) is 12.4. The molecule has 5 nitrogen and oxygen atoms in total. The zero-order valence-electron chi connectivity index (χ0n) is 10.4. The molecular formula is C11H14BrFN2O3S. The maximum atomic E-state index is 13.6. The Morgan fingerprint density at radius 3 is 2.53 bits per heavy atom. The summed E-state index contributed by atoms with van der Waals surface area (Å²) in [6.07, 6.45) is -0.190. The number of amides is 1. The number of hydrogen-bond donors (Lipinski definition) is 2. The first kappa shape index (κ1) is 16.1. The molecule has 0 fully saturated rings. The van der Waals surface area contributed by atoms with Crippen molar-refractivity contribution in [3.63, 3.8) is 0 Å². The molecule has 0 saturated heterocycles. The number of nitrogens with two attached hydrogens (primary N) is 1. The summed E-state index contributed by atoms with van der Waals surface area (Å²) in [5.41, 5.74) is 3.94. The smallest absolute Gasteiger partial charge is 0.243 e. The average molecular weight is 353 g/mol. The number of hydrogen-bond acceptors (Lipinski definition) is 3. The Labute approximate surface area is 119 Å². The highest BCUT2D eigenvalue weighted by Gasteiger charge is 2.29. The van der Waals surface area contributed by atoms with Gasteiger partial charge in [0.1, 0.15) is 10.7 Å².